The van der Waals surface area contributed by atoms with Gasteiger partial charge in [0.25, 0.3) is 23.6 Å². The standard InChI is InChI=1S/C27H29N5O5/c1-16(26(35)31(5)12-11-30(3)4)28-25(34)17(2)32-14-21-19(7-6-8-20(21)27(32)36)18-9-10-22-23(13-18)37-15-24(33)29-22/h6-10,13H,1-2,11-12,14-15H2,3-5H3,(H,28,34)(H,29,33). The molecule has 2 N–H and O–H groups in total. The van der Waals surface area contributed by atoms with Crippen LogP contribution in [0, 0.1) is 0 Å². The molecule has 2 aromatic rings. The second-order valence-corrected chi connectivity index (χ2v) is 9.18. The number of carbonyl (C=O) groups is 4. The summed E-state index contributed by atoms with van der Waals surface area (Å²) in [6.45, 7) is 8.69. The summed E-state index contributed by atoms with van der Waals surface area (Å²) in [4.78, 5) is 54.9. The summed E-state index contributed by atoms with van der Waals surface area (Å²) in [6.07, 6.45) is 0. The van der Waals surface area contributed by atoms with Crippen molar-refractivity contribution in [3.63, 3.8) is 0 Å². The van der Waals surface area contributed by atoms with E-state index in [4.69, 9.17) is 4.74 Å². The van der Waals surface area contributed by atoms with Crippen LogP contribution in [0.25, 0.3) is 11.1 Å². The van der Waals surface area contributed by atoms with E-state index in [-0.39, 0.29) is 36.4 Å². The quantitative estimate of drug-likeness (QED) is 0.532. The second-order valence-electron chi connectivity index (χ2n) is 9.18. The lowest BCUT2D eigenvalue weighted by Gasteiger charge is -2.22. The van der Waals surface area contributed by atoms with E-state index in [1.54, 1.807) is 31.3 Å². The SMILES string of the molecule is C=C(NC(=O)C(=C)N1Cc2c(cccc2-c2ccc3c(c2)OCC(=O)N3)C1=O)C(=O)N(C)CCN(C)C. The fourth-order valence-corrected chi connectivity index (χ4v) is 4.13. The highest BCUT2D eigenvalue weighted by Crippen LogP contribution is 2.38. The van der Waals surface area contributed by atoms with Gasteiger partial charge in [-0.1, -0.05) is 31.4 Å². The second kappa shape index (κ2) is 10.3. The van der Waals surface area contributed by atoms with Crippen molar-refractivity contribution in [3.8, 4) is 16.9 Å². The first kappa shape index (κ1) is 25.6. The van der Waals surface area contributed by atoms with Crippen molar-refractivity contribution < 1.29 is 23.9 Å². The number of hydrogen-bond acceptors (Lipinski definition) is 6. The van der Waals surface area contributed by atoms with Crippen LogP contribution in [0.1, 0.15) is 15.9 Å². The molecule has 0 bridgehead atoms. The molecule has 0 aliphatic carbocycles. The molecular weight excluding hydrogens is 474 g/mol. The van der Waals surface area contributed by atoms with Crippen LogP contribution in [0.4, 0.5) is 5.69 Å². The summed E-state index contributed by atoms with van der Waals surface area (Å²) in [5.41, 5.74) is 3.18. The Morgan fingerprint density at radius 3 is 2.54 bits per heavy atom. The molecule has 2 heterocycles. The lowest BCUT2D eigenvalue weighted by Crippen LogP contribution is -2.41. The maximum Gasteiger partial charge on any atom is 0.271 e. The van der Waals surface area contributed by atoms with Crippen LogP contribution >= 0.6 is 0 Å². The molecule has 0 fully saturated rings. The lowest BCUT2D eigenvalue weighted by atomic mass is 9.96. The number of hydrogen-bond donors (Lipinski definition) is 2. The van der Waals surface area contributed by atoms with E-state index in [1.807, 2.05) is 31.1 Å². The van der Waals surface area contributed by atoms with Gasteiger partial charge in [-0.15, -0.1) is 0 Å². The molecule has 2 aromatic carbocycles. The highest BCUT2D eigenvalue weighted by atomic mass is 16.5. The lowest BCUT2D eigenvalue weighted by molar-refractivity contribution is -0.128. The molecule has 0 spiro atoms. The van der Waals surface area contributed by atoms with Crippen molar-refractivity contribution in [2.75, 3.05) is 46.2 Å². The van der Waals surface area contributed by atoms with Gasteiger partial charge in [-0.2, -0.15) is 0 Å². The number of nitrogens with one attached hydrogen (secondary N) is 2. The van der Waals surface area contributed by atoms with Crippen molar-refractivity contribution >= 4 is 29.3 Å². The van der Waals surface area contributed by atoms with Crippen LogP contribution in [0.15, 0.2) is 61.0 Å². The Morgan fingerprint density at radius 2 is 1.81 bits per heavy atom. The largest absolute Gasteiger partial charge is 0.482 e. The van der Waals surface area contributed by atoms with Gasteiger partial charge in [0.15, 0.2) is 6.61 Å². The molecule has 0 unspecified atom stereocenters. The third-order valence-electron chi connectivity index (χ3n) is 6.23. The Bertz CT molecular complexity index is 1330. The molecule has 10 heteroatoms. The molecule has 4 rings (SSSR count). The zero-order valence-corrected chi connectivity index (χ0v) is 21.1. The predicted molar refractivity (Wildman–Crippen MR) is 138 cm³/mol. The molecule has 37 heavy (non-hydrogen) atoms. The van der Waals surface area contributed by atoms with Crippen molar-refractivity contribution in [1.82, 2.24) is 20.0 Å². The average Bonchev–Trinajstić information content (AvgIpc) is 3.22. The first-order valence-corrected chi connectivity index (χ1v) is 11.7. The highest BCUT2D eigenvalue weighted by Gasteiger charge is 2.34. The number of anilines is 1. The van der Waals surface area contributed by atoms with Gasteiger partial charge in [0.2, 0.25) is 0 Å². The van der Waals surface area contributed by atoms with Gasteiger partial charge < -0.3 is 25.2 Å². The van der Waals surface area contributed by atoms with E-state index in [1.165, 1.54) is 9.80 Å². The number of benzene rings is 2. The minimum atomic E-state index is -0.681. The third-order valence-corrected chi connectivity index (χ3v) is 6.23. The molecule has 0 saturated carbocycles. The normalized spacial score (nSPS) is 13.9. The first-order valence-electron chi connectivity index (χ1n) is 11.7. The van der Waals surface area contributed by atoms with E-state index < -0.39 is 11.8 Å². The van der Waals surface area contributed by atoms with Gasteiger partial charge in [-0.25, -0.2) is 0 Å². The Labute approximate surface area is 215 Å². The number of amides is 4. The Balaban J connectivity index is 1.48. The van der Waals surface area contributed by atoms with Crippen molar-refractivity contribution in [3.05, 3.63) is 72.1 Å². The van der Waals surface area contributed by atoms with Crippen LogP contribution < -0.4 is 15.4 Å². The Hall–Kier alpha value is -4.44. The fraction of sp³-hybridized carbons (Fsp3) is 0.259. The molecule has 10 nitrogen and oxygen atoms in total. The van der Waals surface area contributed by atoms with Crippen molar-refractivity contribution in [2.45, 2.75) is 6.54 Å². The van der Waals surface area contributed by atoms with Crippen LogP contribution in [0.3, 0.4) is 0 Å². The summed E-state index contributed by atoms with van der Waals surface area (Å²) in [7, 11) is 5.42. The zero-order chi connectivity index (χ0) is 26.9. The van der Waals surface area contributed by atoms with Gasteiger partial charge in [-0.3, -0.25) is 24.1 Å². The van der Waals surface area contributed by atoms with E-state index >= 15 is 0 Å². The van der Waals surface area contributed by atoms with Crippen molar-refractivity contribution in [2.24, 2.45) is 0 Å². The van der Waals surface area contributed by atoms with E-state index in [9.17, 15) is 19.2 Å². The monoisotopic (exact) mass is 503 g/mol. The van der Waals surface area contributed by atoms with E-state index in [2.05, 4.69) is 23.8 Å². The molecule has 0 aromatic heterocycles. The maximum absolute atomic E-state index is 13.2. The molecule has 4 amide bonds. The summed E-state index contributed by atoms with van der Waals surface area (Å²) >= 11 is 0. The first-order chi connectivity index (χ1) is 17.6. The number of carbonyl (C=O) groups excluding carboxylic acids is 4. The number of nitrogens with zero attached hydrogens (tertiary/aromatic N) is 3. The molecule has 0 atom stereocenters. The topological polar surface area (TPSA) is 111 Å². The molecule has 192 valence electrons. The zero-order valence-electron chi connectivity index (χ0n) is 21.1. The van der Waals surface area contributed by atoms with Gasteiger partial charge in [0, 0.05) is 25.7 Å². The third kappa shape index (κ3) is 5.24. The predicted octanol–water partition coefficient (Wildman–Crippen LogP) is 1.80. The minimum absolute atomic E-state index is 0.0657. The summed E-state index contributed by atoms with van der Waals surface area (Å²) in [6, 6.07) is 10.7. The minimum Gasteiger partial charge on any atom is -0.482 e. The smallest absolute Gasteiger partial charge is 0.271 e. The highest BCUT2D eigenvalue weighted by molar-refractivity contribution is 6.08. The van der Waals surface area contributed by atoms with Crippen LogP contribution in [0.5, 0.6) is 5.75 Å². The summed E-state index contributed by atoms with van der Waals surface area (Å²) < 4.78 is 5.53. The van der Waals surface area contributed by atoms with Crippen LogP contribution in [0.2, 0.25) is 0 Å². The molecule has 0 radical (unpaired) electrons. The molecule has 2 aliphatic heterocycles. The number of likely N-dealkylation sites (N-methyl/N-ethyl adjacent to an activating group) is 2. The van der Waals surface area contributed by atoms with Crippen molar-refractivity contribution in [1.29, 1.82) is 0 Å². The molecule has 0 saturated heterocycles. The van der Waals surface area contributed by atoms with Crippen LogP contribution in [-0.4, -0.2) is 79.2 Å². The average molecular weight is 504 g/mol. The Morgan fingerprint density at radius 1 is 1.08 bits per heavy atom. The number of ether oxygens (including phenoxy) is 1. The summed E-state index contributed by atoms with van der Waals surface area (Å²) in [5.74, 6) is -1.15. The number of rotatable bonds is 8. The van der Waals surface area contributed by atoms with Crippen LogP contribution in [-0.2, 0) is 20.9 Å². The van der Waals surface area contributed by atoms with Gasteiger partial charge in [0.05, 0.1) is 17.9 Å². The van der Waals surface area contributed by atoms with Gasteiger partial charge >= 0.3 is 0 Å². The maximum atomic E-state index is 13.2. The summed E-state index contributed by atoms with van der Waals surface area (Å²) in [5, 5.41) is 5.23. The molecular formula is C27H29N5O5. The number of fused-ring (bicyclic) bond motifs is 2. The van der Waals surface area contributed by atoms with Gasteiger partial charge in [-0.05, 0) is 49.0 Å². The van der Waals surface area contributed by atoms with E-state index in [0.29, 0.717) is 30.1 Å². The Kier molecular flexibility index (Phi) is 7.12. The van der Waals surface area contributed by atoms with E-state index in [0.717, 1.165) is 16.7 Å². The molecule has 2 aliphatic rings. The fourth-order valence-electron chi connectivity index (χ4n) is 4.13. The van der Waals surface area contributed by atoms with Gasteiger partial charge in [0.1, 0.15) is 11.4 Å².